The summed E-state index contributed by atoms with van der Waals surface area (Å²) in [5.74, 6) is -2.87. The van der Waals surface area contributed by atoms with Crippen molar-refractivity contribution in [3.8, 4) is 17.2 Å². The fraction of sp³-hybridized carbons (Fsp3) is 0.115. The lowest BCUT2D eigenvalue weighted by molar-refractivity contribution is -0.139. The molecule has 3 aromatic carbocycles. The number of para-hydroxylation sites is 1. The first-order chi connectivity index (χ1) is 16.8. The summed E-state index contributed by atoms with van der Waals surface area (Å²) < 4.78 is 31.1. The molecule has 0 saturated heterocycles. The highest BCUT2D eigenvalue weighted by Gasteiger charge is 2.39. The number of ketones is 1. The lowest BCUT2D eigenvalue weighted by atomic mass is 9.84. The number of aliphatic carboxylic acids is 1. The molecule has 0 radical (unpaired) electrons. The predicted molar refractivity (Wildman–Crippen MR) is 122 cm³/mol. The summed E-state index contributed by atoms with van der Waals surface area (Å²) in [6.45, 7) is -0.570. The Balaban J connectivity index is 1.61. The first-order valence-corrected chi connectivity index (χ1v) is 10.9. The van der Waals surface area contributed by atoms with Gasteiger partial charge in [0.25, 0.3) is 0 Å². The third-order valence-corrected chi connectivity index (χ3v) is 6.03. The van der Waals surface area contributed by atoms with Gasteiger partial charge in [0.15, 0.2) is 12.4 Å². The summed E-state index contributed by atoms with van der Waals surface area (Å²) in [5.41, 5.74) is 1.19. The highest BCUT2D eigenvalue weighted by molar-refractivity contribution is 6.32. The molecule has 2 aliphatic heterocycles. The summed E-state index contributed by atoms with van der Waals surface area (Å²) in [6.07, 6.45) is 1.15. The fourth-order valence-corrected chi connectivity index (χ4v) is 4.41. The SMILES string of the molecule is O=C(O)COc1ccccc1C1CC(=O)Oc2ccc3c(c21)OC(=Cc1c(F)cccc1Cl)C3=O. The molecule has 0 spiro atoms. The summed E-state index contributed by atoms with van der Waals surface area (Å²) in [6, 6.07) is 13.8. The normalized spacial score (nSPS) is 17.4. The number of carboxylic acids is 1. The number of Topliss-reactive ketones (excluding diaryl/α,β-unsaturated/α-hetero) is 1. The Morgan fingerprint density at radius 3 is 2.69 bits per heavy atom. The number of carbonyl (C=O) groups excluding carboxylic acids is 2. The molecule has 5 rings (SSSR count). The van der Waals surface area contributed by atoms with Gasteiger partial charge in [-0.15, -0.1) is 0 Å². The van der Waals surface area contributed by atoms with Crippen LogP contribution in [0, 0.1) is 5.82 Å². The summed E-state index contributed by atoms with van der Waals surface area (Å²) >= 11 is 6.11. The number of halogens is 2. The molecule has 0 amide bonds. The van der Waals surface area contributed by atoms with Crippen LogP contribution in [0.4, 0.5) is 4.39 Å². The maximum absolute atomic E-state index is 14.3. The van der Waals surface area contributed by atoms with E-state index in [0.29, 0.717) is 11.1 Å². The molecule has 1 N–H and O–H groups in total. The molecule has 2 heterocycles. The predicted octanol–water partition coefficient (Wildman–Crippen LogP) is 5.00. The van der Waals surface area contributed by atoms with Gasteiger partial charge in [0.2, 0.25) is 5.78 Å². The second kappa shape index (κ2) is 8.88. The van der Waals surface area contributed by atoms with Gasteiger partial charge in [-0.25, -0.2) is 9.18 Å². The minimum absolute atomic E-state index is 0.00887. The Hall–Kier alpha value is -4.17. The number of hydrogen-bond donors (Lipinski definition) is 1. The van der Waals surface area contributed by atoms with E-state index in [2.05, 4.69) is 0 Å². The number of rotatable bonds is 5. The lowest BCUT2D eigenvalue weighted by Crippen LogP contribution is -2.22. The van der Waals surface area contributed by atoms with Gasteiger partial charge in [0.05, 0.1) is 17.0 Å². The van der Waals surface area contributed by atoms with E-state index in [-0.39, 0.29) is 45.6 Å². The quantitative estimate of drug-likeness (QED) is 0.303. The van der Waals surface area contributed by atoms with E-state index >= 15 is 0 Å². The number of esters is 1. The summed E-state index contributed by atoms with van der Waals surface area (Å²) in [4.78, 5) is 36.5. The second-order valence-corrected chi connectivity index (χ2v) is 8.29. The smallest absolute Gasteiger partial charge is 0.341 e. The van der Waals surface area contributed by atoms with Crippen molar-refractivity contribution >= 4 is 35.4 Å². The van der Waals surface area contributed by atoms with Gasteiger partial charge in [-0.2, -0.15) is 0 Å². The van der Waals surface area contributed by atoms with Gasteiger partial charge in [0.1, 0.15) is 23.1 Å². The molecule has 0 aromatic heterocycles. The molecule has 0 bridgehead atoms. The molecule has 2 aliphatic rings. The van der Waals surface area contributed by atoms with Crippen molar-refractivity contribution in [3.05, 3.63) is 93.5 Å². The van der Waals surface area contributed by atoms with Crippen molar-refractivity contribution in [2.45, 2.75) is 12.3 Å². The highest BCUT2D eigenvalue weighted by atomic mass is 35.5. The van der Waals surface area contributed by atoms with Crippen molar-refractivity contribution < 1.29 is 38.1 Å². The van der Waals surface area contributed by atoms with E-state index in [0.717, 1.165) is 0 Å². The van der Waals surface area contributed by atoms with Crippen molar-refractivity contribution in [1.82, 2.24) is 0 Å². The minimum atomic E-state index is -1.15. The Kier molecular flexibility index (Phi) is 5.74. The van der Waals surface area contributed by atoms with Gasteiger partial charge in [0, 0.05) is 22.6 Å². The van der Waals surface area contributed by atoms with Crippen LogP contribution in [0.2, 0.25) is 5.02 Å². The lowest BCUT2D eigenvalue weighted by Gasteiger charge is -2.27. The van der Waals surface area contributed by atoms with Gasteiger partial charge in [-0.1, -0.05) is 35.9 Å². The molecule has 7 nitrogen and oxygen atoms in total. The molecule has 1 unspecified atom stereocenters. The van der Waals surface area contributed by atoms with E-state index in [1.165, 1.54) is 36.4 Å². The zero-order chi connectivity index (χ0) is 24.7. The van der Waals surface area contributed by atoms with E-state index < -0.39 is 36.1 Å². The largest absolute Gasteiger partial charge is 0.482 e. The van der Waals surface area contributed by atoms with Crippen LogP contribution in [-0.2, 0) is 9.59 Å². The number of carboxylic acid groups (broad SMARTS) is 1. The third kappa shape index (κ3) is 4.13. The molecular weight excluding hydrogens is 479 g/mol. The van der Waals surface area contributed by atoms with Crippen LogP contribution < -0.4 is 14.2 Å². The monoisotopic (exact) mass is 494 g/mol. The zero-order valence-electron chi connectivity index (χ0n) is 17.9. The van der Waals surface area contributed by atoms with E-state index in [4.69, 9.17) is 30.9 Å². The van der Waals surface area contributed by atoms with Gasteiger partial charge in [-0.05, 0) is 36.4 Å². The molecule has 35 heavy (non-hydrogen) atoms. The number of hydrogen-bond acceptors (Lipinski definition) is 6. The van der Waals surface area contributed by atoms with Crippen molar-refractivity contribution in [2.24, 2.45) is 0 Å². The number of benzene rings is 3. The van der Waals surface area contributed by atoms with Crippen LogP contribution in [-0.4, -0.2) is 29.4 Å². The van der Waals surface area contributed by atoms with Crippen LogP contribution in [0.3, 0.4) is 0 Å². The van der Waals surface area contributed by atoms with Gasteiger partial charge >= 0.3 is 11.9 Å². The summed E-state index contributed by atoms with van der Waals surface area (Å²) in [5, 5.41) is 9.14. The topological polar surface area (TPSA) is 99.1 Å². The molecule has 0 saturated carbocycles. The fourth-order valence-electron chi connectivity index (χ4n) is 4.19. The maximum atomic E-state index is 14.3. The zero-order valence-corrected chi connectivity index (χ0v) is 18.7. The van der Waals surface area contributed by atoms with E-state index in [1.54, 1.807) is 24.3 Å². The Labute approximate surface area is 203 Å². The van der Waals surface area contributed by atoms with Crippen LogP contribution in [0.1, 0.15) is 39.4 Å². The number of ether oxygens (including phenoxy) is 3. The Bertz CT molecular complexity index is 1410. The second-order valence-electron chi connectivity index (χ2n) is 7.88. The van der Waals surface area contributed by atoms with Gasteiger partial charge in [-0.3, -0.25) is 9.59 Å². The van der Waals surface area contributed by atoms with E-state index in [9.17, 15) is 18.8 Å². The minimum Gasteiger partial charge on any atom is -0.482 e. The molecule has 0 fully saturated rings. The molecule has 0 aliphatic carbocycles. The van der Waals surface area contributed by atoms with Crippen molar-refractivity contribution in [1.29, 1.82) is 0 Å². The molecular formula is C26H16ClFO7. The number of allylic oxidation sites excluding steroid dienone is 1. The average molecular weight is 495 g/mol. The molecule has 1 atom stereocenters. The van der Waals surface area contributed by atoms with Crippen molar-refractivity contribution in [2.75, 3.05) is 6.61 Å². The van der Waals surface area contributed by atoms with Crippen molar-refractivity contribution in [3.63, 3.8) is 0 Å². The third-order valence-electron chi connectivity index (χ3n) is 5.70. The van der Waals surface area contributed by atoms with Crippen LogP contribution in [0.15, 0.2) is 60.4 Å². The standard InChI is InChI=1S/C26H16ClFO7/c27-17-5-3-6-18(28)16(17)10-21-25(32)14-8-9-20-24(26(14)35-21)15(11-23(31)34-20)13-4-1-2-7-19(13)33-12-22(29)30/h1-10,15H,11-12H2,(H,29,30). The average Bonchev–Trinajstić information content (AvgIpc) is 3.15. The number of carbonyl (C=O) groups is 3. The Morgan fingerprint density at radius 1 is 1.11 bits per heavy atom. The molecule has 9 heteroatoms. The highest BCUT2D eigenvalue weighted by Crippen LogP contribution is 2.50. The maximum Gasteiger partial charge on any atom is 0.341 e. The first kappa shape index (κ1) is 22.6. The summed E-state index contributed by atoms with van der Waals surface area (Å²) in [7, 11) is 0. The molecule has 3 aromatic rings. The van der Waals surface area contributed by atoms with Gasteiger partial charge < -0.3 is 19.3 Å². The Morgan fingerprint density at radius 2 is 1.91 bits per heavy atom. The van der Waals surface area contributed by atoms with Crippen LogP contribution >= 0.6 is 11.6 Å². The number of fused-ring (bicyclic) bond motifs is 3. The van der Waals surface area contributed by atoms with Crippen LogP contribution in [0.5, 0.6) is 17.2 Å². The first-order valence-electron chi connectivity index (χ1n) is 10.5. The van der Waals surface area contributed by atoms with E-state index in [1.807, 2.05) is 0 Å². The molecule has 176 valence electrons. The van der Waals surface area contributed by atoms with Crippen LogP contribution in [0.25, 0.3) is 6.08 Å².